The van der Waals surface area contributed by atoms with Gasteiger partial charge in [-0.05, 0) is 57.3 Å². The van der Waals surface area contributed by atoms with E-state index in [0.29, 0.717) is 0 Å². The molecule has 0 bridgehead atoms. The summed E-state index contributed by atoms with van der Waals surface area (Å²) in [5, 5.41) is 2.54. The lowest BCUT2D eigenvalue weighted by atomic mass is 9.88. The van der Waals surface area contributed by atoms with E-state index in [1.807, 2.05) is 0 Å². The molecule has 0 N–H and O–H groups in total. The van der Waals surface area contributed by atoms with E-state index in [1.54, 1.807) is 0 Å². The molecule has 1 aliphatic carbocycles. The molecular weight excluding hydrogens is 352 g/mol. The number of benzene rings is 3. The van der Waals surface area contributed by atoms with Gasteiger partial charge in [-0.25, -0.2) is 4.58 Å². The number of hydrogen-bond donors (Lipinski definition) is 0. The number of rotatable bonds is 3. The summed E-state index contributed by atoms with van der Waals surface area (Å²) in [5.41, 5.74) is 7.38. The van der Waals surface area contributed by atoms with Crippen LogP contribution in [-0.2, 0) is 0 Å². The summed E-state index contributed by atoms with van der Waals surface area (Å²) >= 11 is 0. The van der Waals surface area contributed by atoms with E-state index in [2.05, 4.69) is 129 Å². The topological polar surface area (TPSA) is 6.25 Å². The predicted molar refractivity (Wildman–Crippen MR) is 126 cm³/mol. The third-order valence-corrected chi connectivity index (χ3v) is 5.40. The summed E-state index contributed by atoms with van der Waals surface area (Å²) in [4.78, 5) is 2.13. The quantitative estimate of drug-likeness (QED) is 0.541. The van der Waals surface area contributed by atoms with E-state index in [-0.39, 0.29) is 0 Å². The second-order valence-electron chi connectivity index (χ2n) is 7.78. The fourth-order valence-electron chi connectivity index (χ4n) is 3.77. The monoisotopic (exact) mass is 379 g/mol. The van der Waals surface area contributed by atoms with Crippen LogP contribution in [0.25, 0.3) is 16.3 Å². The maximum Gasteiger partial charge on any atom is 0.199 e. The normalized spacial score (nSPS) is 13.1. The second-order valence-corrected chi connectivity index (χ2v) is 7.78. The largest absolute Gasteiger partial charge is 0.378 e. The summed E-state index contributed by atoms with van der Waals surface area (Å²) < 4.78 is 2.13. The van der Waals surface area contributed by atoms with Crippen molar-refractivity contribution in [2.24, 2.45) is 0 Å². The van der Waals surface area contributed by atoms with Gasteiger partial charge in [0, 0.05) is 31.9 Å². The molecule has 0 aliphatic heterocycles. The maximum atomic E-state index is 2.23. The zero-order valence-electron chi connectivity index (χ0n) is 17.6. The molecule has 0 saturated heterocycles. The highest BCUT2D eigenvalue weighted by molar-refractivity contribution is 6.05. The molecule has 2 nitrogen and oxygen atoms in total. The van der Waals surface area contributed by atoms with E-state index in [4.69, 9.17) is 0 Å². The lowest BCUT2D eigenvalue weighted by Crippen LogP contribution is -2.10. The average Bonchev–Trinajstić information content (AvgIpc) is 2.75. The van der Waals surface area contributed by atoms with Crippen LogP contribution in [0.1, 0.15) is 11.1 Å². The van der Waals surface area contributed by atoms with Crippen molar-refractivity contribution >= 4 is 27.7 Å². The first-order valence-electron chi connectivity index (χ1n) is 9.95. The Morgan fingerprint density at radius 1 is 0.724 bits per heavy atom. The Labute approximate surface area is 173 Å². The second kappa shape index (κ2) is 7.92. The molecule has 0 radical (unpaired) electrons. The third-order valence-electron chi connectivity index (χ3n) is 5.40. The Morgan fingerprint density at radius 2 is 1.38 bits per heavy atom. The van der Waals surface area contributed by atoms with Crippen LogP contribution < -0.4 is 4.90 Å². The van der Waals surface area contributed by atoms with Crippen molar-refractivity contribution in [2.45, 2.75) is 0 Å². The molecule has 0 fully saturated rings. The average molecular weight is 380 g/mol. The third kappa shape index (κ3) is 3.79. The summed E-state index contributed by atoms with van der Waals surface area (Å²) in [7, 11) is 8.29. The van der Waals surface area contributed by atoms with Gasteiger partial charge >= 0.3 is 0 Å². The summed E-state index contributed by atoms with van der Waals surface area (Å²) in [6.45, 7) is 0. The van der Waals surface area contributed by atoms with Crippen molar-refractivity contribution in [1.29, 1.82) is 0 Å². The summed E-state index contributed by atoms with van der Waals surface area (Å²) in [5.74, 6) is 0. The molecule has 0 heterocycles. The molecule has 144 valence electrons. The van der Waals surface area contributed by atoms with E-state index in [9.17, 15) is 0 Å². The molecule has 0 aromatic heterocycles. The Kier molecular flexibility index (Phi) is 5.18. The van der Waals surface area contributed by atoms with Crippen molar-refractivity contribution in [3.8, 4) is 0 Å². The molecule has 2 heteroatoms. The number of anilines is 1. The lowest BCUT2D eigenvalue weighted by molar-refractivity contribution is -0.462. The molecule has 0 spiro atoms. The van der Waals surface area contributed by atoms with E-state index in [0.717, 1.165) is 0 Å². The van der Waals surface area contributed by atoms with Crippen LogP contribution in [0.15, 0.2) is 96.6 Å². The van der Waals surface area contributed by atoms with Crippen LogP contribution in [0.2, 0.25) is 0 Å². The number of hydrogen-bond acceptors (Lipinski definition) is 1. The first-order chi connectivity index (χ1) is 14.0. The van der Waals surface area contributed by atoms with Crippen LogP contribution in [-0.4, -0.2) is 38.5 Å². The van der Waals surface area contributed by atoms with Crippen molar-refractivity contribution in [3.63, 3.8) is 0 Å². The fraction of sp³-hybridized carbons (Fsp3) is 0.148. The highest BCUT2D eigenvalue weighted by atomic mass is 15.1. The van der Waals surface area contributed by atoms with Crippen molar-refractivity contribution in [3.05, 3.63) is 108 Å². The molecule has 0 unspecified atom stereocenters. The van der Waals surface area contributed by atoms with Gasteiger partial charge < -0.3 is 4.90 Å². The highest BCUT2D eigenvalue weighted by Gasteiger charge is 2.15. The van der Waals surface area contributed by atoms with Gasteiger partial charge in [0.15, 0.2) is 5.71 Å². The first-order valence-corrected chi connectivity index (χ1v) is 9.95. The van der Waals surface area contributed by atoms with Crippen LogP contribution >= 0.6 is 0 Å². The van der Waals surface area contributed by atoms with Crippen LogP contribution in [0.4, 0.5) is 5.69 Å². The molecule has 0 saturated carbocycles. The molecule has 1 aliphatic rings. The number of nitrogens with zero attached hydrogens (tertiary/aromatic N) is 2. The number of fused-ring (bicyclic) bond motifs is 1. The molecule has 0 amide bonds. The van der Waals surface area contributed by atoms with Crippen molar-refractivity contribution < 1.29 is 4.58 Å². The smallest absolute Gasteiger partial charge is 0.199 e. The van der Waals surface area contributed by atoms with E-state index < -0.39 is 0 Å². The van der Waals surface area contributed by atoms with Gasteiger partial charge in [-0.2, -0.15) is 0 Å². The van der Waals surface area contributed by atoms with Crippen molar-refractivity contribution in [2.75, 3.05) is 33.1 Å². The predicted octanol–water partition coefficient (Wildman–Crippen LogP) is 5.55. The number of allylic oxidation sites excluding steroid dienone is 5. The van der Waals surface area contributed by atoms with E-state index in [1.165, 1.54) is 44.4 Å². The summed E-state index contributed by atoms with van der Waals surface area (Å²) in [6, 6.07) is 24.0. The molecular formula is C27H27N2+. The molecule has 0 atom stereocenters. The molecule has 29 heavy (non-hydrogen) atoms. The first kappa shape index (κ1) is 18.9. The zero-order valence-corrected chi connectivity index (χ0v) is 17.6. The Balaban J connectivity index is 1.96. The van der Waals surface area contributed by atoms with Crippen LogP contribution in [0.3, 0.4) is 0 Å². The minimum atomic E-state index is 1.20. The Bertz CT molecular complexity index is 1150. The lowest BCUT2D eigenvalue weighted by Gasteiger charge is -2.18. The van der Waals surface area contributed by atoms with E-state index >= 15 is 0 Å². The van der Waals surface area contributed by atoms with Gasteiger partial charge in [-0.15, -0.1) is 0 Å². The van der Waals surface area contributed by atoms with Crippen molar-refractivity contribution in [1.82, 2.24) is 0 Å². The Hall–Kier alpha value is -3.39. The van der Waals surface area contributed by atoms with Gasteiger partial charge in [0.1, 0.15) is 14.1 Å². The maximum absolute atomic E-state index is 2.23. The minimum Gasteiger partial charge on any atom is -0.378 e. The highest BCUT2D eigenvalue weighted by Crippen LogP contribution is 2.34. The standard InChI is InChI=1S/C27H27N2/c1-28(2)23-16-12-21(13-17-23)27(22-14-18-24(19-15-22)29(3)4)26-11-7-9-20-8-5-6-10-25(20)26/h5-19H,1-4H3/q+1. The van der Waals surface area contributed by atoms with Crippen LogP contribution in [0, 0.1) is 0 Å². The molecule has 3 aromatic rings. The fourth-order valence-corrected chi connectivity index (χ4v) is 3.77. The minimum absolute atomic E-state index is 1.20. The van der Waals surface area contributed by atoms with Gasteiger partial charge in [0.25, 0.3) is 0 Å². The van der Waals surface area contributed by atoms with Gasteiger partial charge in [0.2, 0.25) is 0 Å². The van der Waals surface area contributed by atoms with Gasteiger partial charge in [0.05, 0.1) is 0 Å². The zero-order chi connectivity index (χ0) is 20.4. The van der Waals surface area contributed by atoms with Gasteiger partial charge in [-0.3, -0.25) is 0 Å². The molecule has 3 aromatic carbocycles. The van der Waals surface area contributed by atoms with Gasteiger partial charge in [-0.1, -0.05) is 54.6 Å². The summed E-state index contributed by atoms with van der Waals surface area (Å²) in [6.07, 6.45) is 8.84. The molecule has 4 rings (SSSR count). The Morgan fingerprint density at radius 3 is 2.03 bits per heavy atom. The SMILES string of the molecule is CN(C)c1ccc(C(=C2C=CC(=[N+](C)C)C=C2)c2cccc3ccccc23)cc1. The van der Waals surface area contributed by atoms with Crippen LogP contribution in [0.5, 0.6) is 0 Å².